The van der Waals surface area contributed by atoms with Crippen LogP contribution in [0.25, 0.3) is 17.1 Å². The lowest BCUT2D eigenvalue weighted by molar-refractivity contribution is 0.102. The largest absolute Gasteiger partial charge is 0.463 e. The minimum absolute atomic E-state index is 0.197. The third-order valence-electron chi connectivity index (χ3n) is 4.34. The first-order chi connectivity index (χ1) is 15.0. The van der Waals surface area contributed by atoms with Crippen LogP contribution in [0.1, 0.15) is 10.5 Å². The van der Waals surface area contributed by atoms with E-state index in [0.29, 0.717) is 33.5 Å². The summed E-state index contributed by atoms with van der Waals surface area (Å²) in [7, 11) is 1.28. The van der Waals surface area contributed by atoms with E-state index >= 15 is 0 Å². The Kier molecular flexibility index (Phi) is 5.72. The minimum Gasteiger partial charge on any atom is -0.463 e. The standard InChI is InChI=1S/C22H17ClN4O4/c1-30-22(29)25-16-9-7-15(8-10-16)24-21(28)18-13-19(20-6-3-11-31-20)27(26-18)17-5-2-4-14(23)12-17/h2-13H,1H3,(H,24,28)(H,25,29). The highest BCUT2D eigenvalue weighted by atomic mass is 35.5. The summed E-state index contributed by atoms with van der Waals surface area (Å²) in [5.41, 5.74) is 2.57. The molecule has 0 saturated heterocycles. The first-order valence-electron chi connectivity index (χ1n) is 9.20. The third kappa shape index (κ3) is 4.59. The van der Waals surface area contributed by atoms with Crippen molar-refractivity contribution in [2.45, 2.75) is 0 Å². The first kappa shape index (κ1) is 20.2. The van der Waals surface area contributed by atoms with E-state index in [-0.39, 0.29) is 5.69 Å². The zero-order chi connectivity index (χ0) is 21.8. The highest BCUT2D eigenvalue weighted by Gasteiger charge is 2.18. The molecule has 0 spiro atoms. The van der Waals surface area contributed by atoms with Crippen LogP contribution in [-0.4, -0.2) is 28.9 Å². The number of halogens is 1. The van der Waals surface area contributed by atoms with E-state index in [0.717, 1.165) is 0 Å². The predicted octanol–water partition coefficient (Wildman–Crippen LogP) is 5.22. The van der Waals surface area contributed by atoms with Crippen molar-refractivity contribution >= 4 is 35.0 Å². The van der Waals surface area contributed by atoms with Crippen molar-refractivity contribution in [1.82, 2.24) is 9.78 Å². The molecule has 9 heteroatoms. The highest BCUT2D eigenvalue weighted by Crippen LogP contribution is 2.26. The SMILES string of the molecule is COC(=O)Nc1ccc(NC(=O)c2cc(-c3ccco3)n(-c3cccc(Cl)c3)n2)cc1. The van der Waals surface area contributed by atoms with Crippen molar-refractivity contribution in [3.63, 3.8) is 0 Å². The van der Waals surface area contributed by atoms with Crippen LogP contribution in [0.4, 0.5) is 16.2 Å². The summed E-state index contributed by atoms with van der Waals surface area (Å²) in [5.74, 6) is 0.159. The zero-order valence-corrected chi connectivity index (χ0v) is 17.1. The van der Waals surface area contributed by atoms with Crippen LogP contribution in [0.15, 0.2) is 77.4 Å². The van der Waals surface area contributed by atoms with E-state index < -0.39 is 12.0 Å². The maximum Gasteiger partial charge on any atom is 0.411 e. The van der Waals surface area contributed by atoms with Crippen LogP contribution in [0, 0.1) is 0 Å². The molecule has 2 aromatic heterocycles. The second-order valence-electron chi connectivity index (χ2n) is 6.43. The van der Waals surface area contributed by atoms with Crippen molar-refractivity contribution in [2.75, 3.05) is 17.7 Å². The van der Waals surface area contributed by atoms with Gasteiger partial charge in [0.25, 0.3) is 5.91 Å². The van der Waals surface area contributed by atoms with Gasteiger partial charge >= 0.3 is 6.09 Å². The van der Waals surface area contributed by atoms with Gasteiger partial charge in [0.15, 0.2) is 11.5 Å². The summed E-state index contributed by atoms with van der Waals surface area (Å²) in [4.78, 5) is 24.1. The Hall–Kier alpha value is -4.04. The molecule has 4 aromatic rings. The first-order valence-corrected chi connectivity index (χ1v) is 9.57. The van der Waals surface area contributed by atoms with Gasteiger partial charge in [-0.05, 0) is 54.6 Å². The molecule has 31 heavy (non-hydrogen) atoms. The Morgan fingerprint density at radius 3 is 2.39 bits per heavy atom. The number of amides is 2. The van der Waals surface area contributed by atoms with E-state index in [9.17, 15) is 9.59 Å². The number of nitrogens with one attached hydrogen (secondary N) is 2. The quantitative estimate of drug-likeness (QED) is 0.447. The van der Waals surface area contributed by atoms with Gasteiger partial charge in [0.2, 0.25) is 0 Å². The van der Waals surface area contributed by atoms with Crippen LogP contribution in [0.3, 0.4) is 0 Å². The summed E-state index contributed by atoms with van der Waals surface area (Å²) in [6, 6.07) is 18.9. The molecule has 0 unspecified atom stereocenters. The van der Waals surface area contributed by atoms with Gasteiger partial charge in [0.05, 0.1) is 19.1 Å². The van der Waals surface area contributed by atoms with Gasteiger partial charge in [-0.3, -0.25) is 10.1 Å². The summed E-state index contributed by atoms with van der Waals surface area (Å²) >= 11 is 6.12. The average Bonchev–Trinajstić information content (AvgIpc) is 3.45. The maximum absolute atomic E-state index is 12.8. The number of anilines is 2. The number of hydrogen-bond donors (Lipinski definition) is 2. The zero-order valence-electron chi connectivity index (χ0n) is 16.3. The van der Waals surface area contributed by atoms with Gasteiger partial charge in [-0.15, -0.1) is 0 Å². The van der Waals surface area contributed by atoms with E-state index in [2.05, 4.69) is 20.5 Å². The number of nitrogens with zero attached hydrogens (tertiary/aromatic N) is 2. The molecule has 2 amide bonds. The van der Waals surface area contributed by atoms with Crippen LogP contribution < -0.4 is 10.6 Å². The van der Waals surface area contributed by atoms with Crippen molar-refractivity contribution in [3.05, 3.63) is 83.7 Å². The number of methoxy groups -OCH3 is 1. The summed E-state index contributed by atoms with van der Waals surface area (Å²) < 4.78 is 11.7. The molecule has 0 saturated carbocycles. The number of aromatic nitrogens is 2. The van der Waals surface area contributed by atoms with Crippen molar-refractivity contribution in [1.29, 1.82) is 0 Å². The van der Waals surface area contributed by atoms with Crippen LogP contribution in [0.5, 0.6) is 0 Å². The number of ether oxygens (including phenoxy) is 1. The van der Waals surface area contributed by atoms with Crippen molar-refractivity contribution < 1.29 is 18.7 Å². The molecule has 0 aliphatic heterocycles. The lowest BCUT2D eigenvalue weighted by Crippen LogP contribution is -2.14. The van der Waals surface area contributed by atoms with Crippen LogP contribution in [-0.2, 0) is 4.74 Å². The van der Waals surface area contributed by atoms with E-state index in [4.69, 9.17) is 16.0 Å². The lowest BCUT2D eigenvalue weighted by Gasteiger charge is -2.07. The molecule has 2 aromatic carbocycles. The number of benzene rings is 2. The fourth-order valence-electron chi connectivity index (χ4n) is 2.90. The van der Waals surface area contributed by atoms with Crippen LogP contribution in [0.2, 0.25) is 5.02 Å². The number of carbonyl (C=O) groups is 2. The fourth-order valence-corrected chi connectivity index (χ4v) is 3.08. The van der Waals surface area contributed by atoms with Gasteiger partial charge < -0.3 is 14.5 Å². The highest BCUT2D eigenvalue weighted by molar-refractivity contribution is 6.30. The third-order valence-corrected chi connectivity index (χ3v) is 4.58. The molecule has 0 aliphatic carbocycles. The summed E-state index contributed by atoms with van der Waals surface area (Å²) in [6.07, 6.45) is 0.975. The molecule has 2 N–H and O–H groups in total. The molecule has 0 atom stereocenters. The Balaban J connectivity index is 1.60. The lowest BCUT2D eigenvalue weighted by atomic mass is 10.2. The normalized spacial score (nSPS) is 10.5. The summed E-state index contributed by atoms with van der Waals surface area (Å²) in [5, 5.41) is 10.3. The Morgan fingerprint density at radius 2 is 1.74 bits per heavy atom. The average molecular weight is 437 g/mol. The van der Waals surface area contributed by atoms with E-state index in [1.54, 1.807) is 71.6 Å². The van der Waals surface area contributed by atoms with Crippen LogP contribution >= 0.6 is 11.6 Å². The molecule has 4 rings (SSSR count). The Morgan fingerprint density at radius 1 is 1.00 bits per heavy atom. The van der Waals surface area contributed by atoms with Crippen molar-refractivity contribution in [2.24, 2.45) is 0 Å². The monoisotopic (exact) mass is 436 g/mol. The molecular formula is C22H17ClN4O4. The minimum atomic E-state index is -0.575. The molecule has 8 nitrogen and oxygen atoms in total. The Labute approximate surface area is 182 Å². The maximum atomic E-state index is 12.8. The van der Waals surface area contributed by atoms with Gasteiger partial charge in [0, 0.05) is 22.5 Å². The molecule has 0 bridgehead atoms. The number of furan rings is 1. The van der Waals surface area contributed by atoms with Gasteiger partial charge in [-0.1, -0.05) is 17.7 Å². The second kappa shape index (κ2) is 8.76. The second-order valence-corrected chi connectivity index (χ2v) is 6.87. The molecule has 2 heterocycles. The molecule has 0 aliphatic rings. The number of rotatable bonds is 5. The predicted molar refractivity (Wildman–Crippen MR) is 117 cm³/mol. The number of carbonyl (C=O) groups excluding carboxylic acids is 2. The van der Waals surface area contributed by atoms with Gasteiger partial charge in [-0.25, -0.2) is 9.48 Å². The molecular weight excluding hydrogens is 420 g/mol. The van der Waals surface area contributed by atoms with Crippen molar-refractivity contribution in [3.8, 4) is 17.1 Å². The fraction of sp³-hybridized carbons (Fsp3) is 0.0455. The molecule has 0 radical (unpaired) electrons. The molecule has 156 valence electrons. The topological polar surface area (TPSA) is 98.4 Å². The summed E-state index contributed by atoms with van der Waals surface area (Å²) in [6.45, 7) is 0. The van der Waals surface area contributed by atoms with E-state index in [1.807, 2.05) is 6.07 Å². The smallest absolute Gasteiger partial charge is 0.411 e. The van der Waals surface area contributed by atoms with Gasteiger partial charge in [0.1, 0.15) is 5.69 Å². The number of hydrogen-bond acceptors (Lipinski definition) is 5. The van der Waals surface area contributed by atoms with Gasteiger partial charge in [-0.2, -0.15) is 5.10 Å². The van der Waals surface area contributed by atoms with E-state index in [1.165, 1.54) is 7.11 Å². The Bertz CT molecular complexity index is 1220. The molecule has 0 fully saturated rings.